The monoisotopic (exact) mass is 551 g/mol. The van der Waals surface area contributed by atoms with Crippen LogP contribution in [0.2, 0.25) is 0 Å². The SMILES string of the molecule is COc1cc(/C=C\C(=O)O[C@@H]2[C@@H](O)[C@H](OC3CC(OC)C(OC)C(O)/C3=C\C#N)O[C@H](CO)[C@H]2O)ccc1O. The zero-order valence-corrected chi connectivity index (χ0v) is 21.6. The second-order valence-corrected chi connectivity index (χ2v) is 8.93. The normalized spacial score (nSPS) is 34.1. The minimum atomic E-state index is -1.71. The number of aliphatic hydroxyl groups is 4. The number of hydrogen-bond acceptors (Lipinski definition) is 13. The number of aromatic hydroxyl groups is 1. The number of carbonyl (C=O) groups excluding carboxylic acids is 1. The summed E-state index contributed by atoms with van der Waals surface area (Å²) in [4.78, 5) is 12.6. The Hall–Kier alpha value is -3.06. The highest BCUT2D eigenvalue weighted by molar-refractivity contribution is 5.87. The number of allylic oxidation sites excluding steroid dienone is 1. The molecule has 1 heterocycles. The molecule has 0 amide bonds. The second-order valence-electron chi connectivity index (χ2n) is 8.93. The smallest absolute Gasteiger partial charge is 0.331 e. The summed E-state index contributed by atoms with van der Waals surface area (Å²) in [7, 11) is 4.18. The van der Waals surface area contributed by atoms with E-state index in [4.69, 9.17) is 28.4 Å². The van der Waals surface area contributed by atoms with E-state index >= 15 is 0 Å². The van der Waals surface area contributed by atoms with E-state index in [0.29, 0.717) is 5.56 Å². The van der Waals surface area contributed by atoms with Crippen molar-refractivity contribution in [2.24, 2.45) is 0 Å². The first-order valence-corrected chi connectivity index (χ1v) is 12.1. The molecule has 0 bridgehead atoms. The average Bonchev–Trinajstić information content (AvgIpc) is 2.93. The van der Waals surface area contributed by atoms with E-state index in [-0.39, 0.29) is 23.5 Å². The highest BCUT2D eigenvalue weighted by Crippen LogP contribution is 2.34. The molecule has 3 rings (SSSR count). The first-order chi connectivity index (χ1) is 18.7. The fourth-order valence-electron chi connectivity index (χ4n) is 4.56. The number of rotatable bonds is 9. The molecule has 1 aromatic carbocycles. The number of carbonyl (C=O) groups is 1. The van der Waals surface area contributed by atoms with Crippen molar-refractivity contribution >= 4 is 12.0 Å². The van der Waals surface area contributed by atoms with Gasteiger partial charge in [-0.25, -0.2) is 4.79 Å². The van der Waals surface area contributed by atoms with Crippen molar-refractivity contribution in [1.29, 1.82) is 5.26 Å². The van der Waals surface area contributed by atoms with Gasteiger partial charge in [-0.2, -0.15) is 5.26 Å². The largest absolute Gasteiger partial charge is 0.504 e. The van der Waals surface area contributed by atoms with Gasteiger partial charge in [-0.1, -0.05) is 6.07 Å². The summed E-state index contributed by atoms with van der Waals surface area (Å²) in [5, 5.41) is 61.0. The van der Waals surface area contributed by atoms with Crippen molar-refractivity contribution in [3.8, 4) is 17.6 Å². The van der Waals surface area contributed by atoms with E-state index in [9.17, 15) is 35.6 Å². The zero-order chi connectivity index (χ0) is 28.7. The van der Waals surface area contributed by atoms with Crippen LogP contribution in [0.3, 0.4) is 0 Å². The lowest BCUT2D eigenvalue weighted by atomic mass is 9.84. The fraction of sp³-hybridized carbons (Fsp3) is 0.538. The van der Waals surface area contributed by atoms with Crippen molar-refractivity contribution in [1.82, 2.24) is 0 Å². The average molecular weight is 552 g/mol. The van der Waals surface area contributed by atoms with Gasteiger partial charge in [0.05, 0.1) is 32.0 Å². The molecule has 2 fully saturated rings. The topological polar surface area (TPSA) is 197 Å². The molecule has 1 saturated carbocycles. The minimum Gasteiger partial charge on any atom is -0.504 e. The van der Waals surface area contributed by atoms with Crippen LogP contribution in [0, 0.1) is 11.3 Å². The molecule has 1 aromatic rings. The highest BCUT2D eigenvalue weighted by Gasteiger charge is 2.50. The van der Waals surface area contributed by atoms with Gasteiger partial charge in [-0.3, -0.25) is 0 Å². The Labute approximate surface area is 225 Å². The molecular formula is C26H33NO12. The molecule has 2 aliphatic rings. The number of phenolic OH excluding ortho intramolecular Hbond substituents is 1. The maximum absolute atomic E-state index is 12.6. The number of methoxy groups -OCH3 is 3. The maximum atomic E-state index is 12.6. The van der Waals surface area contributed by atoms with Gasteiger partial charge in [0.25, 0.3) is 0 Å². The number of aliphatic hydroxyl groups excluding tert-OH is 4. The van der Waals surface area contributed by atoms with E-state index < -0.39 is 67.7 Å². The highest BCUT2D eigenvalue weighted by atomic mass is 16.7. The molecule has 1 saturated heterocycles. The predicted octanol–water partition coefficient (Wildman–Crippen LogP) is -0.605. The number of phenols is 1. The molecule has 5 N–H and O–H groups in total. The van der Waals surface area contributed by atoms with Crippen LogP contribution in [0.4, 0.5) is 0 Å². The Bertz CT molecular complexity index is 1090. The van der Waals surface area contributed by atoms with E-state index in [1.807, 2.05) is 6.07 Å². The van der Waals surface area contributed by atoms with Gasteiger partial charge >= 0.3 is 5.97 Å². The predicted molar refractivity (Wildman–Crippen MR) is 132 cm³/mol. The number of nitriles is 1. The van der Waals surface area contributed by atoms with Gasteiger partial charge in [0.15, 0.2) is 23.9 Å². The molecule has 13 nitrogen and oxygen atoms in total. The van der Waals surface area contributed by atoms with Crippen molar-refractivity contribution in [3.63, 3.8) is 0 Å². The lowest BCUT2D eigenvalue weighted by Crippen LogP contribution is -2.61. The summed E-state index contributed by atoms with van der Waals surface area (Å²) in [6, 6.07) is 6.23. The first kappa shape index (κ1) is 30.5. The van der Waals surface area contributed by atoms with E-state index in [1.54, 1.807) is 0 Å². The number of ether oxygens (including phenoxy) is 6. The number of benzene rings is 1. The van der Waals surface area contributed by atoms with Crippen molar-refractivity contribution in [2.45, 2.75) is 61.5 Å². The van der Waals surface area contributed by atoms with Crippen LogP contribution < -0.4 is 4.74 Å². The molecule has 1 aliphatic heterocycles. The van der Waals surface area contributed by atoms with Crippen LogP contribution in [0.15, 0.2) is 35.9 Å². The van der Waals surface area contributed by atoms with Crippen LogP contribution in [-0.2, 0) is 28.5 Å². The summed E-state index contributed by atoms with van der Waals surface area (Å²) in [6.45, 7) is -0.689. The van der Waals surface area contributed by atoms with Crippen molar-refractivity contribution in [3.05, 3.63) is 41.5 Å². The third kappa shape index (κ3) is 6.93. The lowest BCUT2D eigenvalue weighted by Gasteiger charge is -2.45. The van der Waals surface area contributed by atoms with Crippen LogP contribution in [0.25, 0.3) is 6.08 Å². The second kappa shape index (κ2) is 13.8. The molecule has 4 unspecified atom stereocenters. The summed E-state index contributed by atoms with van der Waals surface area (Å²) in [6.07, 6.45) is -7.73. The molecule has 214 valence electrons. The first-order valence-electron chi connectivity index (χ1n) is 12.1. The molecule has 13 heteroatoms. The molecular weight excluding hydrogens is 518 g/mol. The molecule has 0 radical (unpaired) electrons. The molecule has 9 atom stereocenters. The number of esters is 1. The molecule has 1 aliphatic carbocycles. The third-order valence-electron chi connectivity index (χ3n) is 6.63. The Kier molecular flexibility index (Phi) is 10.8. The lowest BCUT2D eigenvalue weighted by molar-refractivity contribution is -0.314. The van der Waals surface area contributed by atoms with Crippen molar-refractivity contribution in [2.75, 3.05) is 27.9 Å². The maximum Gasteiger partial charge on any atom is 0.331 e. The molecule has 39 heavy (non-hydrogen) atoms. The number of nitrogens with zero attached hydrogens (tertiary/aromatic N) is 1. The summed E-state index contributed by atoms with van der Waals surface area (Å²) in [5.74, 6) is -0.820. The Morgan fingerprint density at radius 1 is 1.15 bits per heavy atom. The Morgan fingerprint density at radius 3 is 2.51 bits per heavy atom. The standard InChI is InChI=1S/C26H33NO12/c1-34-17-10-13(4-6-15(17)29)5-7-20(30)39-25-22(32)19(12-28)38-26(23(25)33)37-16-11-18(35-2)24(36-3)21(31)14(16)8-9-27/h4-8,10,16,18-19,21-26,28-29,31-33H,11-12H2,1-3H3/b7-5-,14-8-/t16?,18?,19-,21?,22-,23-,24?,25+,26-/m1/s1. The van der Waals surface area contributed by atoms with Gasteiger partial charge in [0.2, 0.25) is 0 Å². The van der Waals surface area contributed by atoms with Gasteiger partial charge in [-0.05, 0) is 23.8 Å². The molecule has 0 spiro atoms. The van der Waals surface area contributed by atoms with Crippen LogP contribution in [0.1, 0.15) is 12.0 Å². The van der Waals surface area contributed by atoms with E-state index in [0.717, 1.165) is 12.2 Å². The Morgan fingerprint density at radius 2 is 1.90 bits per heavy atom. The van der Waals surface area contributed by atoms with Gasteiger partial charge in [0.1, 0.15) is 30.5 Å². The van der Waals surface area contributed by atoms with Crippen LogP contribution in [-0.4, -0.2) is 115 Å². The summed E-state index contributed by atoms with van der Waals surface area (Å²) in [5.41, 5.74) is 0.653. The summed E-state index contributed by atoms with van der Waals surface area (Å²) >= 11 is 0. The van der Waals surface area contributed by atoms with Crippen LogP contribution in [0.5, 0.6) is 11.5 Å². The number of hydrogen-bond donors (Lipinski definition) is 5. The molecule has 0 aromatic heterocycles. The van der Waals surface area contributed by atoms with Gasteiger partial charge in [-0.15, -0.1) is 0 Å². The van der Waals surface area contributed by atoms with E-state index in [1.165, 1.54) is 45.6 Å². The Balaban J connectivity index is 1.78. The van der Waals surface area contributed by atoms with E-state index in [2.05, 4.69) is 0 Å². The zero-order valence-electron chi connectivity index (χ0n) is 21.6. The quantitative estimate of drug-likeness (QED) is 0.148. The minimum absolute atomic E-state index is 0.0837. The van der Waals surface area contributed by atoms with Gasteiger partial charge < -0.3 is 54.0 Å². The van der Waals surface area contributed by atoms with Gasteiger partial charge in [0, 0.05) is 38.4 Å². The third-order valence-corrected chi connectivity index (χ3v) is 6.63. The van der Waals surface area contributed by atoms with Crippen LogP contribution >= 0.6 is 0 Å². The fourth-order valence-corrected chi connectivity index (χ4v) is 4.56. The summed E-state index contributed by atoms with van der Waals surface area (Å²) < 4.78 is 32.5. The van der Waals surface area contributed by atoms with Crippen molar-refractivity contribution < 1.29 is 58.7 Å².